The predicted molar refractivity (Wildman–Crippen MR) is 80.8 cm³/mol. The fourth-order valence-corrected chi connectivity index (χ4v) is 1.36. The summed E-state index contributed by atoms with van der Waals surface area (Å²) in [7, 11) is 1.60. The highest BCUT2D eigenvalue weighted by molar-refractivity contribution is 7.80. The molecule has 1 aromatic carbocycles. The lowest BCUT2D eigenvalue weighted by Crippen LogP contribution is -2.23. The summed E-state index contributed by atoms with van der Waals surface area (Å²) in [6.45, 7) is 4.83. The summed E-state index contributed by atoms with van der Waals surface area (Å²) < 4.78 is 10.9. The summed E-state index contributed by atoms with van der Waals surface area (Å²) >= 11 is 4.65. The highest BCUT2D eigenvalue weighted by atomic mass is 32.1. The average Bonchev–Trinajstić information content (AvgIpc) is 2.36. The molecule has 0 saturated heterocycles. The van der Waals surface area contributed by atoms with Gasteiger partial charge in [0.25, 0.3) is 0 Å². The Hall–Kier alpha value is -1.82. The molecule has 19 heavy (non-hydrogen) atoms. The van der Waals surface area contributed by atoms with Gasteiger partial charge in [-0.2, -0.15) is 5.10 Å². The molecular formula is C13H19N3O2S. The van der Waals surface area contributed by atoms with Crippen molar-refractivity contribution in [3.8, 4) is 11.5 Å². The second kappa shape index (κ2) is 7.58. The number of nitrogens with one attached hydrogen (secondary N) is 1. The molecule has 0 aliphatic heterocycles. The van der Waals surface area contributed by atoms with E-state index in [1.54, 1.807) is 13.3 Å². The minimum Gasteiger partial charge on any atom is -0.493 e. The van der Waals surface area contributed by atoms with Gasteiger partial charge in [-0.25, -0.2) is 0 Å². The normalized spacial score (nSPS) is 10.7. The minimum atomic E-state index is 0.125. The van der Waals surface area contributed by atoms with Crippen LogP contribution in [0, 0.1) is 5.92 Å². The maximum absolute atomic E-state index is 5.66. The van der Waals surface area contributed by atoms with Crippen molar-refractivity contribution in [2.45, 2.75) is 13.8 Å². The molecule has 1 rings (SSSR count). The number of nitrogens with two attached hydrogens (primary N) is 1. The van der Waals surface area contributed by atoms with Gasteiger partial charge in [-0.05, 0) is 41.9 Å². The summed E-state index contributed by atoms with van der Waals surface area (Å²) in [5.74, 6) is 1.84. The van der Waals surface area contributed by atoms with E-state index in [-0.39, 0.29) is 5.11 Å². The molecule has 0 spiro atoms. The van der Waals surface area contributed by atoms with Gasteiger partial charge in [0.15, 0.2) is 16.6 Å². The lowest BCUT2D eigenvalue weighted by molar-refractivity contribution is 0.257. The van der Waals surface area contributed by atoms with Gasteiger partial charge in [-0.3, -0.25) is 5.43 Å². The molecule has 0 aromatic heterocycles. The number of hydrazone groups is 1. The number of nitrogens with zero attached hydrogens (tertiary/aromatic N) is 1. The van der Waals surface area contributed by atoms with E-state index in [4.69, 9.17) is 15.2 Å². The van der Waals surface area contributed by atoms with E-state index < -0.39 is 0 Å². The zero-order valence-corrected chi connectivity index (χ0v) is 12.2. The molecule has 3 N–H and O–H groups in total. The minimum absolute atomic E-state index is 0.125. The standard InChI is InChI=1S/C13H19N3O2S/c1-9(2)8-18-11-5-4-10(6-12(11)17-3)7-15-16-13(14)19/h4-7,9H,8H2,1-3H3,(H3,14,16,19)/b15-7-. The topological polar surface area (TPSA) is 68.9 Å². The van der Waals surface area contributed by atoms with Crippen LogP contribution < -0.4 is 20.6 Å². The average molecular weight is 281 g/mol. The zero-order chi connectivity index (χ0) is 14.3. The van der Waals surface area contributed by atoms with Crippen molar-refractivity contribution in [3.05, 3.63) is 23.8 Å². The third-order valence-corrected chi connectivity index (χ3v) is 2.24. The fraction of sp³-hybridized carbons (Fsp3) is 0.385. The second-order valence-corrected chi connectivity index (χ2v) is 4.79. The SMILES string of the molecule is COc1cc(/C=N\NC(N)=S)ccc1OCC(C)C. The van der Waals surface area contributed by atoms with Gasteiger partial charge in [-0.1, -0.05) is 13.8 Å². The van der Waals surface area contributed by atoms with Gasteiger partial charge in [0, 0.05) is 0 Å². The number of methoxy groups -OCH3 is 1. The first-order valence-corrected chi connectivity index (χ1v) is 6.33. The van der Waals surface area contributed by atoms with Crippen molar-refractivity contribution in [1.29, 1.82) is 0 Å². The van der Waals surface area contributed by atoms with E-state index >= 15 is 0 Å². The van der Waals surface area contributed by atoms with Crippen LogP contribution in [0.5, 0.6) is 11.5 Å². The van der Waals surface area contributed by atoms with Crippen LogP contribution in [0.1, 0.15) is 19.4 Å². The van der Waals surface area contributed by atoms with Crippen LogP contribution >= 0.6 is 12.2 Å². The van der Waals surface area contributed by atoms with Crippen LogP contribution in [0.3, 0.4) is 0 Å². The Balaban J connectivity index is 2.77. The Labute approximate surface area is 118 Å². The van der Waals surface area contributed by atoms with Crippen LogP contribution in [0.2, 0.25) is 0 Å². The second-order valence-electron chi connectivity index (χ2n) is 4.35. The molecule has 104 valence electrons. The van der Waals surface area contributed by atoms with E-state index in [2.05, 4.69) is 36.6 Å². The quantitative estimate of drug-likeness (QED) is 0.473. The molecule has 0 saturated carbocycles. The molecule has 0 heterocycles. The van der Waals surface area contributed by atoms with Crippen LogP contribution in [0.4, 0.5) is 0 Å². The van der Waals surface area contributed by atoms with Gasteiger partial charge in [0.1, 0.15) is 0 Å². The number of hydrogen-bond acceptors (Lipinski definition) is 4. The molecule has 0 fully saturated rings. The highest BCUT2D eigenvalue weighted by Gasteiger charge is 2.06. The summed E-state index contributed by atoms with van der Waals surface area (Å²) in [5, 5.41) is 4.01. The molecule has 6 heteroatoms. The van der Waals surface area contributed by atoms with Crippen LogP contribution in [-0.4, -0.2) is 25.0 Å². The number of rotatable bonds is 6. The van der Waals surface area contributed by atoms with Crippen molar-refractivity contribution in [2.75, 3.05) is 13.7 Å². The third-order valence-electron chi connectivity index (χ3n) is 2.15. The maximum atomic E-state index is 5.66. The molecule has 5 nitrogen and oxygen atoms in total. The molecule has 0 aliphatic rings. The molecule has 0 aliphatic carbocycles. The van der Waals surface area contributed by atoms with Crippen LogP contribution in [0.15, 0.2) is 23.3 Å². The number of hydrogen-bond donors (Lipinski definition) is 2. The summed E-state index contributed by atoms with van der Waals surface area (Å²) in [5.41, 5.74) is 8.62. The lowest BCUT2D eigenvalue weighted by Gasteiger charge is -2.12. The fourth-order valence-electron chi connectivity index (χ4n) is 1.31. The van der Waals surface area contributed by atoms with Gasteiger partial charge >= 0.3 is 0 Å². The van der Waals surface area contributed by atoms with Gasteiger partial charge < -0.3 is 15.2 Å². The van der Waals surface area contributed by atoms with Crippen molar-refractivity contribution in [1.82, 2.24) is 5.43 Å². The van der Waals surface area contributed by atoms with Crippen molar-refractivity contribution in [2.24, 2.45) is 16.8 Å². The van der Waals surface area contributed by atoms with Crippen LogP contribution in [-0.2, 0) is 0 Å². The highest BCUT2D eigenvalue weighted by Crippen LogP contribution is 2.27. The van der Waals surface area contributed by atoms with E-state index in [0.717, 1.165) is 11.3 Å². The van der Waals surface area contributed by atoms with Crippen molar-refractivity contribution >= 4 is 23.5 Å². The summed E-state index contributed by atoms with van der Waals surface area (Å²) in [6, 6.07) is 5.56. The van der Waals surface area contributed by atoms with Crippen molar-refractivity contribution in [3.63, 3.8) is 0 Å². The Bertz CT molecular complexity index is 461. The molecule has 0 bridgehead atoms. The van der Waals surface area contributed by atoms with Crippen LogP contribution in [0.25, 0.3) is 0 Å². The Kier molecular flexibility index (Phi) is 6.08. The Morgan fingerprint density at radius 2 is 2.21 bits per heavy atom. The first kappa shape index (κ1) is 15.2. The third kappa shape index (κ3) is 5.56. The predicted octanol–water partition coefficient (Wildman–Crippen LogP) is 1.90. The largest absolute Gasteiger partial charge is 0.493 e. The first-order valence-electron chi connectivity index (χ1n) is 5.92. The van der Waals surface area contributed by atoms with Gasteiger partial charge in [-0.15, -0.1) is 0 Å². The van der Waals surface area contributed by atoms with E-state index in [1.807, 2.05) is 18.2 Å². The van der Waals surface area contributed by atoms with E-state index in [9.17, 15) is 0 Å². The molecule has 0 unspecified atom stereocenters. The molecule has 0 amide bonds. The monoisotopic (exact) mass is 281 g/mol. The Morgan fingerprint density at radius 3 is 2.79 bits per heavy atom. The van der Waals surface area contributed by atoms with Gasteiger partial charge in [0.05, 0.1) is 19.9 Å². The van der Waals surface area contributed by atoms with Gasteiger partial charge in [0.2, 0.25) is 0 Å². The smallest absolute Gasteiger partial charge is 0.184 e. The Morgan fingerprint density at radius 1 is 1.47 bits per heavy atom. The lowest BCUT2D eigenvalue weighted by atomic mass is 10.2. The molecule has 0 radical (unpaired) electrons. The number of benzene rings is 1. The molecule has 1 aromatic rings. The number of ether oxygens (including phenoxy) is 2. The summed E-state index contributed by atoms with van der Waals surface area (Å²) in [4.78, 5) is 0. The zero-order valence-electron chi connectivity index (χ0n) is 11.3. The molecular weight excluding hydrogens is 262 g/mol. The van der Waals surface area contributed by atoms with E-state index in [0.29, 0.717) is 18.3 Å². The number of thiocarbonyl (C=S) groups is 1. The maximum Gasteiger partial charge on any atom is 0.184 e. The van der Waals surface area contributed by atoms with Crippen molar-refractivity contribution < 1.29 is 9.47 Å². The summed E-state index contributed by atoms with van der Waals surface area (Å²) in [6.07, 6.45) is 1.61. The molecule has 0 atom stereocenters. The van der Waals surface area contributed by atoms with E-state index in [1.165, 1.54) is 0 Å². The first-order chi connectivity index (χ1) is 9.02.